The van der Waals surface area contributed by atoms with Crippen molar-refractivity contribution in [1.82, 2.24) is 4.31 Å². The molecule has 0 fully saturated rings. The van der Waals surface area contributed by atoms with E-state index in [0.29, 0.717) is 10.7 Å². The van der Waals surface area contributed by atoms with E-state index in [-0.39, 0.29) is 25.4 Å². The second-order valence-electron chi connectivity index (χ2n) is 6.30. The van der Waals surface area contributed by atoms with Gasteiger partial charge in [-0.15, -0.1) is 0 Å². The highest BCUT2D eigenvalue weighted by Gasteiger charge is 2.18. The lowest BCUT2D eigenvalue weighted by molar-refractivity contribution is -0.116. The Morgan fingerprint density at radius 1 is 1.15 bits per heavy atom. The quantitative estimate of drug-likeness (QED) is 0.777. The first-order chi connectivity index (χ1) is 12.2. The first kappa shape index (κ1) is 20.4. The predicted octanol–water partition coefficient (Wildman–Crippen LogP) is 3.75. The average molecular weight is 395 g/mol. The molecule has 0 radical (unpaired) electrons. The van der Waals surface area contributed by atoms with Gasteiger partial charge in [-0.1, -0.05) is 47.5 Å². The van der Waals surface area contributed by atoms with E-state index in [4.69, 9.17) is 11.6 Å². The first-order valence-corrected chi connectivity index (χ1v) is 10.4. The summed E-state index contributed by atoms with van der Waals surface area (Å²) in [7, 11) is -3.43. The fraction of sp³-hybridized carbons (Fsp3) is 0.316. The monoisotopic (exact) mass is 394 g/mol. The second kappa shape index (κ2) is 8.66. The molecule has 0 atom stereocenters. The summed E-state index contributed by atoms with van der Waals surface area (Å²) < 4.78 is 25.4. The molecule has 26 heavy (non-hydrogen) atoms. The molecule has 1 N–H and O–H groups in total. The summed E-state index contributed by atoms with van der Waals surface area (Å²) >= 11 is 6.05. The molecule has 7 heteroatoms. The standard InChI is InChI=1S/C19H23ClN2O3S/c1-14-6-4-7-16(12-14)13-22(26(3,24)25)11-10-19(23)21-18-9-5-8-17(20)15(18)2/h4-9,12H,10-11,13H2,1-3H3,(H,21,23). The number of aryl methyl sites for hydroxylation is 1. The van der Waals surface area contributed by atoms with E-state index in [0.717, 1.165) is 22.9 Å². The molecule has 0 aliphatic carbocycles. The Labute approximate surface area is 160 Å². The van der Waals surface area contributed by atoms with Crippen LogP contribution in [-0.2, 0) is 21.4 Å². The van der Waals surface area contributed by atoms with Crippen LogP contribution in [0.5, 0.6) is 0 Å². The van der Waals surface area contributed by atoms with Crippen LogP contribution < -0.4 is 5.32 Å². The van der Waals surface area contributed by atoms with E-state index in [9.17, 15) is 13.2 Å². The average Bonchev–Trinajstić information content (AvgIpc) is 2.55. The fourth-order valence-electron chi connectivity index (χ4n) is 2.56. The van der Waals surface area contributed by atoms with Crippen LogP contribution in [0.15, 0.2) is 42.5 Å². The summed E-state index contributed by atoms with van der Waals surface area (Å²) in [6.45, 7) is 4.12. The van der Waals surface area contributed by atoms with Crippen LogP contribution in [-0.4, -0.2) is 31.4 Å². The first-order valence-electron chi connectivity index (χ1n) is 8.22. The number of halogens is 1. The Hall–Kier alpha value is -1.89. The van der Waals surface area contributed by atoms with Crippen molar-refractivity contribution >= 4 is 33.2 Å². The van der Waals surface area contributed by atoms with Crippen molar-refractivity contribution in [2.75, 3.05) is 18.1 Å². The maximum absolute atomic E-state index is 12.2. The van der Waals surface area contributed by atoms with Crippen molar-refractivity contribution in [1.29, 1.82) is 0 Å². The van der Waals surface area contributed by atoms with Gasteiger partial charge in [-0.2, -0.15) is 4.31 Å². The number of hydrogen-bond donors (Lipinski definition) is 1. The van der Waals surface area contributed by atoms with Crippen LogP contribution >= 0.6 is 11.6 Å². The molecule has 2 aromatic rings. The van der Waals surface area contributed by atoms with E-state index in [1.54, 1.807) is 18.2 Å². The smallest absolute Gasteiger partial charge is 0.225 e. The third-order valence-corrected chi connectivity index (χ3v) is 5.70. The summed E-state index contributed by atoms with van der Waals surface area (Å²) in [6.07, 6.45) is 1.21. The molecular weight excluding hydrogens is 372 g/mol. The zero-order chi connectivity index (χ0) is 19.3. The molecule has 0 spiro atoms. The van der Waals surface area contributed by atoms with Crippen LogP contribution in [0, 0.1) is 13.8 Å². The van der Waals surface area contributed by atoms with Gasteiger partial charge in [0.05, 0.1) is 6.26 Å². The molecule has 0 unspecified atom stereocenters. The molecule has 0 aromatic heterocycles. The van der Waals surface area contributed by atoms with Gasteiger partial charge in [0, 0.05) is 30.2 Å². The lowest BCUT2D eigenvalue weighted by Gasteiger charge is -2.20. The van der Waals surface area contributed by atoms with E-state index < -0.39 is 10.0 Å². The van der Waals surface area contributed by atoms with Gasteiger partial charge in [-0.25, -0.2) is 8.42 Å². The van der Waals surface area contributed by atoms with Gasteiger partial charge in [-0.3, -0.25) is 4.79 Å². The van der Waals surface area contributed by atoms with Gasteiger partial charge < -0.3 is 5.32 Å². The topological polar surface area (TPSA) is 66.5 Å². The highest BCUT2D eigenvalue weighted by Crippen LogP contribution is 2.23. The molecule has 0 aliphatic heterocycles. The zero-order valence-electron chi connectivity index (χ0n) is 15.1. The maximum Gasteiger partial charge on any atom is 0.225 e. The molecule has 2 aromatic carbocycles. The molecule has 5 nitrogen and oxygen atoms in total. The molecule has 0 saturated heterocycles. The van der Waals surface area contributed by atoms with E-state index in [1.807, 2.05) is 38.1 Å². The molecule has 2 rings (SSSR count). The third kappa shape index (κ3) is 5.83. The van der Waals surface area contributed by atoms with Crippen molar-refractivity contribution in [3.63, 3.8) is 0 Å². The Kier molecular flexibility index (Phi) is 6.81. The summed E-state index contributed by atoms with van der Waals surface area (Å²) in [5.74, 6) is -0.256. The number of nitrogens with one attached hydrogen (secondary N) is 1. The van der Waals surface area contributed by atoms with Crippen molar-refractivity contribution in [3.8, 4) is 0 Å². The number of amides is 1. The largest absolute Gasteiger partial charge is 0.326 e. The van der Waals surface area contributed by atoms with Crippen LogP contribution in [0.4, 0.5) is 5.69 Å². The molecule has 1 amide bonds. The summed E-state index contributed by atoms with van der Waals surface area (Å²) in [6, 6.07) is 12.9. The Morgan fingerprint density at radius 3 is 2.50 bits per heavy atom. The van der Waals surface area contributed by atoms with Crippen LogP contribution in [0.3, 0.4) is 0 Å². The van der Waals surface area contributed by atoms with Crippen LogP contribution in [0.1, 0.15) is 23.1 Å². The number of benzene rings is 2. The Balaban J connectivity index is 2.03. The molecule has 0 heterocycles. The van der Waals surface area contributed by atoms with Gasteiger partial charge in [0.2, 0.25) is 15.9 Å². The maximum atomic E-state index is 12.2. The number of rotatable bonds is 7. The molecule has 0 aliphatic rings. The van der Waals surface area contributed by atoms with Gasteiger partial charge >= 0.3 is 0 Å². The minimum atomic E-state index is -3.43. The number of carbonyl (C=O) groups is 1. The van der Waals surface area contributed by atoms with Gasteiger partial charge in [-0.05, 0) is 37.1 Å². The third-order valence-electron chi connectivity index (χ3n) is 4.04. The van der Waals surface area contributed by atoms with Gasteiger partial charge in [0.25, 0.3) is 0 Å². The lowest BCUT2D eigenvalue weighted by atomic mass is 10.1. The number of nitrogens with zero attached hydrogens (tertiary/aromatic N) is 1. The Morgan fingerprint density at radius 2 is 1.85 bits per heavy atom. The van der Waals surface area contributed by atoms with Crippen molar-refractivity contribution in [3.05, 3.63) is 64.2 Å². The zero-order valence-corrected chi connectivity index (χ0v) is 16.7. The SMILES string of the molecule is Cc1cccc(CN(CCC(=O)Nc2cccc(Cl)c2C)S(C)(=O)=O)c1. The Bertz CT molecular complexity index is 897. The lowest BCUT2D eigenvalue weighted by Crippen LogP contribution is -2.32. The van der Waals surface area contributed by atoms with E-state index in [1.165, 1.54) is 4.31 Å². The minimum Gasteiger partial charge on any atom is -0.326 e. The number of hydrogen-bond acceptors (Lipinski definition) is 3. The van der Waals surface area contributed by atoms with Crippen LogP contribution in [0.25, 0.3) is 0 Å². The summed E-state index contributed by atoms with van der Waals surface area (Å²) in [5, 5.41) is 3.36. The predicted molar refractivity (Wildman–Crippen MR) is 106 cm³/mol. The summed E-state index contributed by atoms with van der Waals surface area (Å²) in [5.41, 5.74) is 3.36. The van der Waals surface area contributed by atoms with Crippen LogP contribution in [0.2, 0.25) is 5.02 Å². The van der Waals surface area contributed by atoms with E-state index in [2.05, 4.69) is 5.32 Å². The van der Waals surface area contributed by atoms with Gasteiger partial charge in [0.15, 0.2) is 0 Å². The minimum absolute atomic E-state index is 0.0604. The van der Waals surface area contributed by atoms with Crippen molar-refractivity contribution < 1.29 is 13.2 Å². The van der Waals surface area contributed by atoms with Crippen molar-refractivity contribution in [2.24, 2.45) is 0 Å². The van der Waals surface area contributed by atoms with Gasteiger partial charge in [0.1, 0.15) is 0 Å². The van der Waals surface area contributed by atoms with Crippen molar-refractivity contribution in [2.45, 2.75) is 26.8 Å². The number of carbonyl (C=O) groups excluding carboxylic acids is 1. The normalized spacial score (nSPS) is 11.6. The molecule has 0 bridgehead atoms. The fourth-order valence-corrected chi connectivity index (χ4v) is 3.54. The summed E-state index contributed by atoms with van der Waals surface area (Å²) in [4.78, 5) is 12.2. The van der Waals surface area contributed by atoms with E-state index >= 15 is 0 Å². The highest BCUT2D eigenvalue weighted by molar-refractivity contribution is 7.88. The second-order valence-corrected chi connectivity index (χ2v) is 8.69. The highest BCUT2D eigenvalue weighted by atomic mass is 35.5. The number of sulfonamides is 1. The molecule has 0 saturated carbocycles. The molecular formula is C19H23ClN2O3S. The molecule has 140 valence electrons. The number of anilines is 1.